The fourth-order valence-corrected chi connectivity index (χ4v) is 6.26. The van der Waals surface area contributed by atoms with Gasteiger partial charge in [0.05, 0.1) is 4.90 Å². The van der Waals surface area contributed by atoms with Crippen molar-refractivity contribution in [3.05, 3.63) is 64.7 Å². The zero-order valence-electron chi connectivity index (χ0n) is 18.9. The Hall–Kier alpha value is -1.93. The molecule has 2 aromatic carbocycles. The molecular formula is C25H32ClN3O3S. The zero-order chi connectivity index (χ0) is 23.3. The largest absolute Gasteiger partial charge is 0.352 e. The first-order chi connectivity index (χ1) is 15.9. The minimum Gasteiger partial charge on any atom is -0.352 e. The van der Waals surface area contributed by atoms with Crippen LogP contribution in [-0.4, -0.2) is 49.7 Å². The number of amides is 1. The Morgan fingerprint density at radius 3 is 2.30 bits per heavy atom. The molecule has 2 saturated heterocycles. The van der Waals surface area contributed by atoms with Crippen molar-refractivity contribution in [2.75, 3.05) is 26.2 Å². The Morgan fingerprint density at radius 1 is 0.939 bits per heavy atom. The lowest BCUT2D eigenvalue weighted by Gasteiger charge is -2.30. The maximum atomic E-state index is 12.8. The van der Waals surface area contributed by atoms with Crippen molar-refractivity contribution in [2.45, 2.75) is 50.1 Å². The molecule has 33 heavy (non-hydrogen) atoms. The van der Waals surface area contributed by atoms with E-state index in [1.54, 1.807) is 12.1 Å². The SMILES string of the molecule is O=C(NCc1cccc(CN2CCCCC2)c1)C1CCN(S(=O)(=O)c2ccc(Cl)cc2)CC1. The molecule has 2 heterocycles. The lowest BCUT2D eigenvalue weighted by molar-refractivity contribution is -0.126. The quantitative estimate of drug-likeness (QED) is 0.637. The number of hydrogen-bond acceptors (Lipinski definition) is 4. The standard InChI is InChI=1S/C25H32ClN3O3S/c26-23-7-9-24(10-8-23)33(31,32)29-15-11-22(12-16-29)25(30)27-18-20-5-4-6-21(17-20)19-28-13-2-1-3-14-28/h4-10,17,22H,1-3,11-16,18-19H2,(H,27,30). The molecule has 8 heteroatoms. The molecule has 2 fully saturated rings. The van der Waals surface area contributed by atoms with E-state index in [4.69, 9.17) is 11.6 Å². The zero-order valence-corrected chi connectivity index (χ0v) is 20.5. The van der Waals surface area contributed by atoms with Crippen LogP contribution in [0.3, 0.4) is 0 Å². The van der Waals surface area contributed by atoms with Gasteiger partial charge in [-0.15, -0.1) is 0 Å². The third-order valence-electron chi connectivity index (χ3n) is 6.59. The summed E-state index contributed by atoms with van der Waals surface area (Å²) in [6.07, 6.45) is 4.92. The van der Waals surface area contributed by atoms with Crippen molar-refractivity contribution in [1.82, 2.24) is 14.5 Å². The average molecular weight is 490 g/mol. The molecule has 1 amide bonds. The summed E-state index contributed by atoms with van der Waals surface area (Å²) in [5.74, 6) is -0.168. The van der Waals surface area contributed by atoms with Crippen LogP contribution < -0.4 is 5.32 Å². The molecule has 2 aliphatic heterocycles. The fourth-order valence-electron chi connectivity index (χ4n) is 4.66. The molecule has 0 aliphatic carbocycles. The van der Waals surface area contributed by atoms with E-state index >= 15 is 0 Å². The molecule has 0 saturated carbocycles. The molecule has 0 aromatic heterocycles. The number of sulfonamides is 1. The molecule has 178 valence electrons. The molecular weight excluding hydrogens is 458 g/mol. The molecule has 0 unspecified atom stereocenters. The summed E-state index contributed by atoms with van der Waals surface area (Å²) in [4.78, 5) is 15.5. The van der Waals surface area contributed by atoms with Crippen LogP contribution in [0.15, 0.2) is 53.4 Å². The van der Waals surface area contributed by atoms with Crippen molar-refractivity contribution in [3.8, 4) is 0 Å². The highest BCUT2D eigenvalue weighted by Gasteiger charge is 2.32. The number of benzene rings is 2. The van der Waals surface area contributed by atoms with E-state index in [0.29, 0.717) is 37.5 Å². The molecule has 0 atom stereocenters. The van der Waals surface area contributed by atoms with Crippen molar-refractivity contribution < 1.29 is 13.2 Å². The number of halogens is 1. The number of nitrogens with zero attached hydrogens (tertiary/aromatic N) is 2. The fraction of sp³-hybridized carbons (Fsp3) is 0.480. The van der Waals surface area contributed by atoms with Crippen LogP contribution in [0, 0.1) is 5.92 Å². The third kappa shape index (κ3) is 6.35. The molecule has 6 nitrogen and oxygen atoms in total. The Kier molecular flexibility index (Phi) is 8.07. The summed E-state index contributed by atoms with van der Waals surface area (Å²) >= 11 is 5.87. The van der Waals surface area contributed by atoms with Crippen LogP contribution in [0.2, 0.25) is 5.02 Å². The van der Waals surface area contributed by atoms with Gasteiger partial charge in [-0.3, -0.25) is 9.69 Å². The van der Waals surface area contributed by atoms with Gasteiger partial charge in [-0.05, 0) is 74.2 Å². The number of hydrogen-bond donors (Lipinski definition) is 1. The van der Waals surface area contributed by atoms with Gasteiger partial charge < -0.3 is 5.32 Å². The highest BCUT2D eigenvalue weighted by Crippen LogP contribution is 2.25. The normalized spacial score (nSPS) is 18.8. The maximum absolute atomic E-state index is 12.8. The van der Waals surface area contributed by atoms with Gasteiger partial charge in [0.15, 0.2) is 0 Å². The van der Waals surface area contributed by atoms with Gasteiger partial charge in [0, 0.05) is 37.1 Å². The highest BCUT2D eigenvalue weighted by atomic mass is 35.5. The van der Waals surface area contributed by atoms with Gasteiger partial charge in [-0.2, -0.15) is 4.31 Å². The molecule has 2 aromatic rings. The lowest BCUT2D eigenvalue weighted by atomic mass is 9.97. The van der Waals surface area contributed by atoms with Crippen LogP contribution >= 0.6 is 11.6 Å². The Morgan fingerprint density at radius 2 is 1.61 bits per heavy atom. The monoisotopic (exact) mass is 489 g/mol. The van der Waals surface area contributed by atoms with E-state index in [2.05, 4.69) is 28.4 Å². The van der Waals surface area contributed by atoms with Crippen molar-refractivity contribution in [1.29, 1.82) is 0 Å². The first-order valence-corrected chi connectivity index (χ1v) is 13.6. The van der Waals surface area contributed by atoms with E-state index in [1.807, 2.05) is 6.07 Å². The van der Waals surface area contributed by atoms with Crippen molar-refractivity contribution in [2.24, 2.45) is 5.92 Å². The smallest absolute Gasteiger partial charge is 0.243 e. The average Bonchev–Trinajstić information content (AvgIpc) is 2.84. The predicted molar refractivity (Wildman–Crippen MR) is 130 cm³/mol. The first-order valence-electron chi connectivity index (χ1n) is 11.8. The number of carbonyl (C=O) groups excluding carboxylic acids is 1. The van der Waals surface area contributed by atoms with E-state index in [-0.39, 0.29) is 16.7 Å². The summed E-state index contributed by atoms with van der Waals surface area (Å²) in [5.41, 5.74) is 2.38. The van der Waals surface area contributed by atoms with Gasteiger partial charge in [-0.1, -0.05) is 42.3 Å². The number of carbonyl (C=O) groups is 1. The lowest BCUT2D eigenvalue weighted by Crippen LogP contribution is -2.42. The highest BCUT2D eigenvalue weighted by molar-refractivity contribution is 7.89. The molecule has 1 N–H and O–H groups in total. The first kappa shape index (κ1) is 24.2. The minimum atomic E-state index is -3.56. The Balaban J connectivity index is 1.26. The van der Waals surface area contributed by atoms with Gasteiger partial charge >= 0.3 is 0 Å². The second kappa shape index (κ2) is 11.0. The number of piperidine rings is 2. The Bertz CT molecular complexity index is 1040. The summed E-state index contributed by atoms with van der Waals surface area (Å²) in [6, 6.07) is 14.6. The topological polar surface area (TPSA) is 69.7 Å². The molecule has 2 aliphatic rings. The van der Waals surface area contributed by atoms with Gasteiger partial charge in [0.1, 0.15) is 0 Å². The summed E-state index contributed by atoms with van der Waals surface area (Å²) in [7, 11) is -3.56. The van der Waals surface area contributed by atoms with Crippen LogP contribution in [0.25, 0.3) is 0 Å². The van der Waals surface area contributed by atoms with Crippen LogP contribution in [-0.2, 0) is 27.9 Å². The molecule has 4 rings (SSSR count). The second-order valence-electron chi connectivity index (χ2n) is 9.01. The van der Waals surface area contributed by atoms with Gasteiger partial charge in [-0.25, -0.2) is 8.42 Å². The van der Waals surface area contributed by atoms with E-state index in [1.165, 1.54) is 41.3 Å². The number of nitrogens with one attached hydrogen (secondary N) is 1. The van der Waals surface area contributed by atoms with Crippen molar-refractivity contribution in [3.63, 3.8) is 0 Å². The van der Waals surface area contributed by atoms with Crippen LogP contribution in [0.4, 0.5) is 0 Å². The van der Waals surface area contributed by atoms with Crippen molar-refractivity contribution >= 4 is 27.5 Å². The van der Waals surface area contributed by atoms with Gasteiger partial charge in [0.25, 0.3) is 0 Å². The van der Waals surface area contributed by atoms with E-state index in [9.17, 15) is 13.2 Å². The number of rotatable bonds is 7. The molecule has 0 bridgehead atoms. The number of likely N-dealkylation sites (tertiary alicyclic amines) is 1. The summed E-state index contributed by atoms with van der Waals surface area (Å²) < 4.78 is 27.1. The van der Waals surface area contributed by atoms with Crippen LogP contribution in [0.5, 0.6) is 0 Å². The van der Waals surface area contributed by atoms with E-state index < -0.39 is 10.0 Å². The second-order valence-corrected chi connectivity index (χ2v) is 11.4. The Labute approximate surface area is 202 Å². The van der Waals surface area contributed by atoms with Crippen LogP contribution in [0.1, 0.15) is 43.2 Å². The summed E-state index contributed by atoms with van der Waals surface area (Å²) in [6.45, 7) is 4.46. The maximum Gasteiger partial charge on any atom is 0.243 e. The van der Waals surface area contributed by atoms with Gasteiger partial charge in [0.2, 0.25) is 15.9 Å². The third-order valence-corrected chi connectivity index (χ3v) is 8.75. The predicted octanol–water partition coefficient (Wildman–Crippen LogP) is 4.04. The minimum absolute atomic E-state index is 0.0000236. The molecule has 0 spiro atoms. The summed E-state index contributed by atoms with van der Waals surface area (Å²) in [5, 5.41) is 3.56. The van der Waals surface area contributed by atoms with E-state index in [0.717, 1.165) is 25.2 Å². The molecule has 0 radical (unpaired) electrons.